The molecule has 0 heterocycles. The molecule has 0 saturated carbocycles. The van der Waals surface area contributed by atoms with E-state index in [1.807, 2.05) is 0 Å². The van der Waals surface area contributed by atoms with Gasteiger partial charge in [0.15, 0.2) is 0 Å². The number of rotatable bonds is 14. The summed E-state index contributed by atoms with van der Waals surface area (Å²) in [6.07, 6.45) is 0.893. The van der Waals surface area contributed by atoms with E-state index in [9.17, 15) is 61.5 Å². The van der Waals surface area contributed by atoms with Gasteiger partial charge in [0.05, 0.1) is 48.9 Å². The van der Waals surface area contributed by atoms with E-state index in [0.29, 0.717) is 5.69 Å². The number of hydrogen-bond acceptors (Lipinski definition) is 22. The van der Waals surface area contributed by atoms with Crippen LogP contribution in [0.4, 0.5) is 39.8 Å². The summed E-state index contributed by atoms with van der Waals surface area (Å²) in [4.78, 5) is 23.8. The monoisotopic (exact) mass is 1140 g/mol. The summed E-state index contributed by atoms with van der Waals surface area (Å²) in [5.74, 6) is -1.75. The van der Waals surface area contributed by atoms with Gasteiger partial charge in [-0.3, -0.25) is 15.0 Å². The number of ether oxygens (including phenoxy) is 1. The molecule has 8 rings (SSSR count). The fourth-order valence-corrected chi connectivity index (χ4v) is 9.39. The second-order valence-corrected chi connectivity index (χ2v) is 20.7. The molecule has 0 saturated heterocycles. The Kier molecular flexibility index (Phi) is 21.8. The van der Waals surface area contributed by atoms with Crippen LogP contribution in [0.3, 0.4) is 0 Å². The van der Waals surface area contributed by atoms with Gasteiger partial charge in [0, 0.05) is 50.1 Å². The van der Waals surface area contributed by atoms with Gasteiger partial charge >= 0.3 is 118 Å². The van der Waals surface area contributed by atoms with E-state index < -0.39 is 77.5 Å². The second-order valence-electron chi connectivity index (χ2n) is 15.2. The number of nitrogen functional groups attached to an aromatic ring is 1. The molecule has 0 spiro atoms. The Labute approximate surface area is 522 Å². The molecule has 0 atom stereocenters. The molecule has 7 aromatic rings. The number of benzene rings is 7. The Hall–Kier alpha value is -4.15. The molecule has 4 N–H and O–H groups in total. The Morgan fingerprint density at radius 3 is 1.76 bits per heavy atom. The Bertz CT molecular complexity index is 4090. The third-order valence-corrected chi connectivity index (χ3v) is 13.8. The van der Waals surface area contributed by atoms with Crippen molar-refractivity contribution in [2.75, 3.05) is 23.1 Å². The number of fused-ring (bicyclic) bond motifs is 3. The summed E-state index contributed by atoms with van der Waals surface area (Å²) in [6.45, 7) is 1.51. The van der Waals surface area contributed by atoms with Crippen molar-refractivity contribution in [3.63, 3.8) is 0 Å². The molecule has 23 nitrogen and oxygen atoms in total. The predicted molar refractivity (Wildman–Crippen MR) is 256 cm³/mol. The maximum absolute atomic E-state index is 14.0. The summed E-state index contributed by atoms with van der Waals surface area (Å²) in [5, 5.41) is 23.3. The second kappa shape index (κ2) is 25.8. The number of amides is 1. The van der Waals surface area contributed by atoms with Crippen LogP contribution in [0.5, 0.6) is 5.75 Å². The molecule has 1 amide bonds. The van der Waals surface area contributed by atoms with E-state index in [0.717, 1.165) is 48.5 Å². The number of nitrogens with zero attached hydrogens (tertiary/aromatic N) is 5. The molecule has 368 valence electrons. The molecule has 0 aliphatic heterocycles. The fourth-order valence-electron chi connectivity index (χ4n) is 7.24. The Morgan fingerprint density at radius 2 is 1.16 bits per heavy atom. The number of nitrogens with two attached hydrogens (primary N) is 1. The van der Waals surface area contributed by atoms with Gasteiger partial charge in [-0.05, 0) is 110 Å². The van der Waals surface area contributed by atoms with E-state index in [1.54, 1.807) is 19.1 Å². The number of carbonyl (C=O) groups is 2. The zero-order valence-electron chi connectivity index (χ0n) is 40.4. The SMILES string of the molecule is CCOc1cc(N=Nc2ccc(N=Nc3cccc(S(=O)(=O)[O-])c3)c3ccc(S(=O)(=O)[O-])cc23)c2cc(S(=O)(=O)[O-])ccc2c1N/N=C1\C(=O)c2ccc(NC(=O)c3cccc(N)c3)cc2C=C1S(=O)(=O)[O-].[Na+].[Na+].[Na+].[Na+]. The summed E-state index contributed by atoms with van der Waals surface area (Å²) < 4.78 is 152. The molecular formula is C45H30N8Na4O15S4. The first kappa shape index (κ1) is 64.4. The molecule has 0 aromatic heterocycles. The van der Waals surface area contributed by atoms with Gasteiger partial charge in [0.25, 0.3) is 5.91 Å². The van der Waals surface area contributed by atoms with Crippen LogP contribution < -0.4 is 139 Å². The smallest absolute Gasteiger partial charge is 0.744 e. The molecule has 31 heteroatoms. The summed E-state index contributed by atoms with van der Waals surface area (Å²) in [7, 11) is -20.5. The zero-order chi connectivity index (χ0) is 51.9. The number of Topliss-reactive ketones (excluding diaryl/α,β-unsaturated/α-hetero) is 1. The number of ketones is 1. The van der Waals surface area contributed by atoms with Crippen molar-refractivity contribution in [1.29, 1.82) is 0 Å². The Balaban J connectivity index is 0.00000312. The molecule has 0 fully saturated rings. The first-order valence-corrected chi connectivity index (χ1v) is 26.0. The normalized spacial score (nSPS) is 13.2. The molecule has 0 radical (unpaired) electrons. The van der Waals surface area contributed by atoms with Gasteiger partial charge in [0.2, 0.25) is 5.78 Å². The average molecular weight is 1140 g/mol. The topological polar surface area (TPSA) is 384 Å². The summed E-state index contributed by atoms with van der Waals surface area (Å²) in [6, 6.07) is 24.6. The maximum atomic E-state index is 14.0. The average Bonchev–Trinajstić information content (AvgIpc) is 3.31. The van der Waals surface area contributed by atoms with Gasteiger partial charge in [-0.1, -0.05) is 24.3 Å². The molecular weight excluding hydrogens is 1110 g/mol. The predicted octanol–water partition coefficient (Wildman–Crippen LogP) is -4.66. The minimum Gasteiger partial charge on any atom is -0.744 e. The number of anilines is 3. The van der Waals surface area contributed by atoms with Crippen molar-refractivity contribution in [1.82, 2.24) is 0 Å². The number of nitrogens with one attached hydrogen (secondary N) is 2. The standard InChI is InChI=1S/C45H34N8O15S4.4Na/c1-2-68-40-23-39(51-50-38-16-15-37(33-13-10-30(21-35(33)38)70(59,60)61)49-48-28-7-4-8-29(20-28)69(56,57)58)36-22-31(71(62,63)64)11-14-34(36)42(40)52-53-43-41(72(65,66)67)19-25-18-27(9-12-32(25)44(43)54)47-45(55)24-5-3-6-26(46)17-24;;;;/h3-23,52H,2,46H2,1H3,(H,47,55)(H,56,57,58)(H,59,60,61)(H,62,63,64)(H,65,66,67);;;;/q;4*+1/p-4/b49-48?,51-50?,53-43-;;;;. The van der Waals surface area contributed by atoms with Crippen LogP contribution in [0.15, 0.2) is 166 Å². The van der Waals surface area contributed by atoms with Gasteiger partial charge in [0.1, 0.15) is 57.6 Å². The maximum Gasteiger partial charge on any atom is 1.00 e. The van der Waals surface area contributed by atoms with Crippen molar-refractivity contribution in [2.24, 2.45) is 25.6 Å². The molecule has 1 aliphatic rings. The molecule has 76 heavy (non-hydrogen) atoms. The number of hydrogen-bond donors (Lipinski definition) is 3. The third-order valence-electron chi connectivity index (χ3n) is 10.5. The van der Waals surface area contributed by atoms with Gasteiger partial charge in [-0.15, -0.1) is 15.3 Å². The number of azo groups is 2. The molecule has 1 aliphatic carbocycles. The van der Waals surface area contributed by atoms with Crippen molar-refractivity contribution in [3.05, 3.63) is 143 Å². The van der Waals surface area contributed by atoms with Crippen LogP contribution in [0.25, 0.3) is 27.6 Å². The number of hydrazone groups is 1. The zero-order valence-corrected chi connectivity index (χ0v) is 51.7. The van der Waals surface area contributed by atoms with Gasteiger partial charge in [-0.25, -0.2) is 33.7 Å². The minimum atomic E-state index is -5.45. The molecule has 7 aromatic carbocycles. The van der Waals surface area contributed by atoms with Crippen molar-refractivity contribution in [2.45, 2.75) is 21.6 Å². The van der Waals surface area contributed by atoms with Crippen LogP contribution >= 0.6 is 0 Å². The minimum absolute atomic E-state index is 0. The van der Waals surface area contributed by atoms with Crippen LogP contribution in [-0.4, -0.2) is 75.9 Å². The van der Waals surface area contributed by atoms with Crippen molar-refractivity contribution >= 4 is 125 Å². The first-order chi connectivity index (χ1) is 33.9. The quantitative estimate of drug-likeness (QED) is 0.0303. The van der Waals surface area contributed by atoms with Crippen LogP contribution in [0, 0.1) is 0 Å². The Morgan fingerprint density at radius 1 is 0.592 bits per heavy atom. The van der Waals surface area contributed by atoms with E-state index >= 15 is 0 Å². The summed E-state index contributed by atoms with van der Waals surface area (Å²) in [5.41, 5.74) is 7.49. The van der Waals surface area contributed by atoms with E-state index in [1.165, 1.54) is 66.7 Å². The largest absolute Gasteiger partial charge is 1.00 e. The van der Waals surface area contributed by atoms with E-state index in [-0.39, 0.29) is 203 Å². The fraction of sp³-hybridized carbons (Fsp3) is 0.0444. The van der Waals surface area contributed by atoms with Gasteiger partial charge < -0.3 is 34.0 Å². The molecule has 0 unspecified atom stereocenters. The number of carbonyl (C=O) groups excluding carboxylic acids is 2. The van der Waals surface area contributed by atoms with Crippen molar-refractivity contribution in [3.8, 4) is 5.75 Å². The van der Waals surface area contributed by atoms with E-state index in [2.05, 4.69) is 36.3 Å². The van der Waals surface area contributed by atoms with Gasteiger partial charge in [-0.2, -0.15) is 10.2 Å². The van der Waals surface area contributed by atoms with Crippen LogP contribution in [0.1, 0.15) is 33.2 Å². The first-order valence-electron chi connectivity index (χ1n) is 20.4. The summed E-state index contributed by atoms with van der Waals surface area (Å²) >= 11 is 0. The van der Waals surface area contributed by atoms with Crippen LogP contribution in [-0.2, 0) is 40.5 Å². The third kappa shape index (κ3) is 14.7. The molecule has 0 bridgehead atoms. The van der Waals surface area contributed by atoms with Crippen molar-refractivity contribution < 1.29 is 184 Å². The van der Waals surface area contributed by atoms with Crippen LogP contribution in [0.2, 0.25) is 0 Å². The van der Waals surface area contributed by atoms with E-state index in [4.69, 9.17) is 10.5 Å². The number of allylic oxidation sites excluding steroid dienone is 1.